The van der Waals surface area contributed by atoms with Crippen molar-refractivity contribution in [3.8, 4) is 5.69 Å². The van der Waals surface area contributed by atoms with Crippen LogP contribution in [0.1, 0.15) is 28.9 Å². The predicted octanol–water partition coefficient (Wildman–Crippen LogP) is 2.08. The summed E-state index contributed by atoms with van der Waals surface area (Å²) in [6.07, 6.45) is 1.68. The second-order valence-electron chi connectivity index (χ2n) is 4.84. The highest BCUT2D eigenvalue weighted by Gasteiger charge is 2.24. The van der Waals surface area contributed by atoms with Gasteiger partial charge in [0, 0.05) is 23.9 Å². The zero-order valence-electron chi connectivity index (χ0n) is 10.7. The minimum atomic E-state index is -0.349. The first-order valence-electron chi connectivity index (χ1n) is 6.41. The molecular weight excluding hydrogens is 259 g/mol. The number of nitrogen functional groups attached to an aromatic ring is 1. The number of aromatic nitrogens is 1. The summed E-state index contributed by atoms with van der Waals surface area (Å²) in [6, 6.07) is 7.06. The summed E-state index contributed by atoms with van der Waals surface area (Å²) in [5, 5.41) is 0. The Morgan fingerprint density at radius 2 is 1.80 bits per heavy atom. The van der Waals surface area contributed by atoms with Crippen LogP contribution in [0.5, 0.6) is 0 Å². The van der Waals surface area contributed by atoms with Crippen molar-refractivity contribution in [3.05, 3.63) is 57.6 Å². The molecule has 0 unspecified atom stereocenters. The summed E-state index contributed by atoms with van der Waals surface area (Å²) in [5.74, 6) is -0.236. The van der Waals surface area contributed by atoms with Gasteiger partial charge in [-0.3, -0.25) is 14.2 Å². The van der Waals surface area contributed by atoms with E-state index >= 15 is 0 Å². The fraction of sp³-hybridized carbons (Fsp3) is 0.200. The molecule has 1 aliphatic carbocycles. The van der Waals surface area contributed by atoms with Gasteiger partial charge < -0.3 is 5.73 Å². The third-order valence-corrected chi connectivity index (χ3v) is 3.52. The van der Waals surface area contributed by atoms with E-state index in [1.54, 1.807) is 16.7 Å². The Bertz CT molecular complexity index is 748. The van der Waals surface area contributed by atoms with E-state index in [-0.39, 0.29) is 28.4 Å². The fourth-order valence-corrected chi connectivity index (χ4v) is 2.65. The maximum absolute atomic E-state index is 13.0. The largest absolute Gasteiger partial charge is 0.385 e. The van der Waals surface area contributed by atoms with E-state index in [2.05, 4.69) is 0 Å². The van der Waals surface area contributed by atoms with Crippen LogP contribution in [0.15, 0.2) is 35.1 Å². The lowest BCUT2D eigenvalue weighted by molar-refractivity contribution is 0.0970. The van der Waals surface area contributed by atoms with Crippen LogP contribution >= 0.6 is 0 Å². The van der Waals surface area contributed by atoms with Gasteiger partial charge in [0.05, 0.1) is 5.56 Å². The maximum Gasteiger partial charge on any atom is 0.194 e. The van der Waals surface area contributed by atoms with Gasteiger partial charge in [-0.1, -0.05) is 0 Å². The van der Waals surface area contributed by atoms with E-state index < -0.39 is 0 Å². The number of rotatable bonds is 1. The number of carbonyl (C=O) groups excluding carboxylic acids is 1. The van der Waals surface area contributed by atoms with Crippen LogP contribution in [0.4, 0.5) is 10.2 Å². The van der Waals surface area contributed by atoms with Gasteiger partial charge in [-0.05, 0) is 37.1 Å². The van der Waals surface area contributed by atoms with E-state index in [1.165, 1.54) is 18.2 Å². The Balaban J connectivity index is 2.31. The average Bonchev–Trinajstić information content (AvgIpc) is 2.40. The smallest absolute Gasteiger partial charge is 0.194 e. The molecule has 2 aromatic rings. The van der Waals surface area contributed by atoms with Crippen LogP contribution in [0.3, 0.4) is 0 Å². The third-order valence-electron chi connectivity index (χ3n) is 3.52. The molecule has 2 N–H and O–H groups in total. The first kappa shape index (κ1) is 12.6. The van der Waals surface area contributed by atoms with E-state index in [4.69, 9.17) is 5.73 Å². The number of Topliss-reactive ketones (excluding diaryl/α,β-unsaturated/α-hetero) is 1. The van der Waals surface area contributed by atoms with Crippen molar-refractivity contribution < 1.29 is 9.18 Å². The number of benzene rings is 1. The SMILES string of the molecule is Nc1cc(=O)c2c(n1-c1ccc(F)cc1)CCCC2=O. The van der Waals surface area contributed by atoms with Gasteiger partial charge in [-0.2, -0.15) is 0 Å². The first-order chi connectivity index (χ1) is 9.58. The zero-order chi connectivity index (χ0) is 14.3. The van der Waals surface area contributed by atoms with Gasteiger partial charge in [-0.15, -0.1) is 0 Å². The second-order valence-corrected chi connectivity index (χ2v) is 4.84. The van der Waals surface area contributed by atoms with Crippen LogP contribution in [0, 0.1) is 5.82 Å². The molecule has 4 nitrogen and oxygen atoms in total. The minimum absolute atomic E-state index is 0.146. The highest BCUT2D eigenvalue weighted by molar-refractivity contribution is 5.98. The topological polar surface area (TPSA) is 65.1 Å². The zero-order valence-corrected chi connectivity index (χ0v) is 10.7. The van der Waals surface area contributed by atoms with E-state index in [1.807, 2.05) is 0 Å². The summed E-state index contributed by atoms with van der Waals surface area (Å²) in [5.41, 5.74) is 7.07. The average molecular weight is 272 g/mol. The van der Waals surface area contributed by atoms with Crippen molar-refractivity contribution in [1.82, 2.24) is 4.57 Å². The number of pyridine rings is 1. The molecule has 0 saturated heterocycles. The number of anilines is 1. The summed E-state index contributed by atoms with van der Waals surface area (Å²) in [6.45, 7) is 0. The van der Waals surface area contributed by atoms with Crippen molar-refractivity contribution in [2.75, 3.05) is 5.73 Å². The molecule has 0 saturated carbocycles. The van der Waals surface area contributed by atoms with E-state index in [0.29, 0.717) is 30.6 Å². The summed E-state index contributed by atoms with van der Waals surface area (Å²) >= 11 is 0. The molecule has 5 heteroatoms. The Hall–Kier alpha value is -2.43. The van der Waals surface area contributed by atoms with Crippen molar-refractivity contribution in [3.63, 3.8) is 0 Å². The molecule has 1 aromatic heterocycles. The summed E-state index contributed by atoms with van der Waals surface area (Å²) < 4.78 is 14.7. The van der Waals surface area contributed by atoms with Gasteiger partial charge in [0.25, 0.3) is 0 Å². The highest BCUT2D eigenvalue weighted by Crippen LogP contribution is 2.24. The van der Waals surface area contributed by atoms with Crippen molar-refractivity contribution in [2.24, 2.45) is 0 Å². The van der Waals surface area contributed by atoms with Crippen molar-refractivity contribution in [2.45, 2.75) is 19.3 Å². The standard InChI is InChI=1S/C15H13FN2O2/c16-9-4-6-10(7-5-9)18-11-2-1-3-12(19)15(11)13(20)8-14(18)17/h4-8H,1-3,17H2. The molecule has 0 amide bonds. The molecule has 102 valence electrons. The maximum atomic E-state index is 13.0. The van der Waals surface area contributed by atoms with Gasteiger partial charge in [0.1, 0.15) is 11.6 Å². The first-order valence-corrected chi connectivity index (χ1v) is 6.41. The monoisotopic (exact) mass is 272 g/mol. The number of nitrogens with two attached hydrogens (primary N) is 1. The lowest BCUT2D eigenvalue weighted by Crippen LogP contribution is -2.27. The van der Waals surface area contributed by atoms with Gasteiger partial charge in [0.15, 0.2) is 11.2 Å². The Labute approximate surface area is 114 Å². The number of halogens is 1. The van der Waals surface area contributed by atoms with E-state index in [0.717, 1.165) is 0 Å². The number of fused-ring (bicyclic) bond motifs is 1. The second kappa shape index (κ2) is 4.59. The van der Waals surface area contributed by atoms with Gasteiger partial charge in [-0.25, -0.2) is 4.39 Å². The molecular formula is C15H13FN2O2. The number of nitrogens with zero attached hydrogens (tertiary/aromatic N) is 1. The molecule has 0 radical (unpaired) electrons. The van der Waals surface area contributed by atoms with Gasteiger partial charge in [0.2, 0.25) is 0 Å². The molecule has 0 atom stereocenters. The van der Waals surface area contributed by atoms with Crippen molar-refractivity contribution in [1.29, 1.82) is 0 Å². The molecule has 1 aromatic carbocycles. The highest BCUT2D eigenvalue weighted by atomic mass is 19.1. The van der Waals surface area contributed by atoms with Crippen LogP contribution in [-0.4, -0.2) is 10.4 Å². The quantitative estimate of drug-likeness (QED) is 0.864. The lowest BCUT2D eigenvalue weighted by Gasteiger charge is -2.22. The summed E-state index contributed by atoms with van der Waals surface area (Å²) in [7, 11) is 0. The summed E-state index contributed by atoms with van der Waals surface area (Å²) in [4.78, 5) is 23.9. The normalized spacial score (nSPS) is 14.2. The van der Waals surface area contributed by atoms with Crippen LogP contribution in [-0.2, 0) is 6.42 Å². The fourth-order valence-electron chi connectivity index (χ4n) is 2.65. The molecule has 20 heavy (non-hydrogen) atoms. The molecule has 1 heterocycles. The molecule has 0 spiro atoms. The molecule has 1 aliphatic rings. The molecule has 3 rings (SSSR count). The molecule has 0 aliphatic heterocycles. The minimum Gasteiger partial charge on any atom is -0.385 e. The molecule has 0 bridgehead atoms. The number of hydrogen-bond donors (Lipinski definition) is 1. The predicted molar refractivity (Wildman–Crippen MR) is 73.7 cm³/mol. The Morgan fingerprint density at radius 3 is 2.50 bits per heavy atom. The Morgan fingerprint density at radius 1 is 1.10 bits per heavy atom. The van der Waals surface area contributed by atoms with E-state index in [9.17, 15) is 14.0 Å². The third kappa shape index (κ3) is 1.91. The van der Waals surface area contributed by atoms with Crippen LogP contribution < -0.4 is 11.2 Å². The number of hydrogen-bond acceptors (Lipinski definition) is 3. The van der Waals surface area contributed by atoms with Crippen LogP contribution in [0.2, 0.25) is 0 Å². The molecule has 0 fully saturated rings. The van der Waals surface area contributed by atoms with Gasteiger partial charge >= 0.3 is 0 Å². The number of carbonyl (C=O) groups is 1. The lowest BCUT2D eigenvalue weighted by atomic mass is 9.93. The van der Waals surface area contributed by atoms with Crippen molar-refractivity contribution >= 4 is 11.6 Å². The number of ketones is 1. The Kier molecular flexibility index (Phi) is 2.89. The van der Waals surface area contributed by atoms with Crippen LogP contribution in [0.25, 0.3) is 5.69 Å².